The lowest BCUT2D eigenvalue weighted by molar-refractivity contribution is -0.123. The van der Waals surface area contributed by atoms with E-state index < -0.39 is 6.04 Å². The number of carbonyl (C=O) groups is 1. The van der Waals surface area contributed by atoms with Gasteiger partial charge in [0.05, 0.1) is 25.3 Å². The summed E-state index contributed by atoms with van der Waals surface area (Å²) in [6.07, 6.45) is 0.881. The lowest BCUT2D eigenvalue weighted by atomic mass is 9.99. The normalized spacial score (nSPS) is 19.5. The quantitative estimate of drug-likeness (QED) is 0.788. The summed E-state index contributed by atoms with van der Waals surface area (Å²) >= 11 is 6.39. The fraction of sp³-hybridized carbons (Fsp3) is 0.611. The summed E-state index contributed by atoms with van der Waals surface area (Å²) in [6.45, 7) is 7.57. The van der Waals surface area contributed by atoms with Gasteiger partial charge in [0.15, 0.2) is 0 Å². The molecule has 1 fully saturated rings. The van der Waals surface area contributed by atoms with Crippen LogP contribution in [0.15, 0.2) is 24.3 Å². The van der Waals surface area contributed by atoms with E-state index in [2.05, 4.69) is 10.2 Å². The zero-order valence-electron chi connectivity index (χ0n) is 14.5. The molecular weight excluding hydrogens is 326 g/mol. The molecule has 1 aliphatic rings. The molecule has 0 bridgehead atoms. The molecule has 0 radical (unpaired) electrons. The van der Waals surface area contributed by atoms with Crippen LogP contribution in [0, 0.1) is 5.92 Å². The minimum absolute atomic E-state index is 0.0238. The number of benzene rings is 1. The first kappa shape index (κ1) is 19.2. The summed E-state index contributed by atoms with van der Waals surface area (Å²) in [4.78, 5) is 14.6. The van der Waals surface area contributed by atoms with Crippen LogP contribution in [0.5, 0.6) is 0 Å². The van der Waals surface area contributed by atoms with Gasteiger partial charge >= 0.3 is 0 Å². The maximum Gasteiger partial charge on any atom is 0.237 e. The van der Waals surface area contributed by atoms with E-state index >= 15 is 0 Å². The molecule has 3 unspecified atom stereocenters. The lowest BCUT2D eigenvalue weighted by Gasteiger charge is -2.35. The third-order valence-electron chi connectivity index (χ3n) is 4.78. The predicted molar refractivity (Wildman–Crippen MR) is 97.0 cm³/mol. The van der Waals surface area contributed by atoms with Crippen molar-refractivity contribution in [2.24, 2.45) is 11.7 Å². The SMILES string of the molecule is CCC(C)C(N)C(=O)NCC(c1ccccc1Cl)N1CCOCC1. The average Bonchev–Trinajstić information content (AvgIpc) is 2.62. The van der Waals surface area contributed by atoms with Gasteiger partial charge in [-0.1, -0.05) is 50.1 Å². The molecule has 24 heavy (non-hydrogen) atoms. The Labute approximate surface area is 149 Å². The number of ether oxygens (including phenoxy) is 1. The van der Waals surface area contributed by atoms with Gasteiger partial charge in [0, 0.05) is 24.7 Å². The van der Waals surface area contributed by atoms with Gasteiger partial charge in [-0.3, -0.25) is 9.69 Å². The van der Waals surface area contributed by atoms with Gasteiger partial charge in [-0.05, 0) is 17.5 Å². The van der Waals surface area contributed by atoms with E-state index in [4.69, 9.17) is 22.1 Å². The number of carbonyl (C=O) groups excluding carboxylic acids is 1. The van der Waals surface area contributed by atoms with Crippen molar-refractivity contribution in [3.05, 3.63) is 34.9 Å². The van der Waals surface area contributed by atoms with Crippen molar-refractivity contribution in [3.8, 4) is 0 Å². The van der Waals surface area contributed by atoms with Gasteiger partial charge in [0.25, 0.3) is 0 Å². The van der Waals surface area contributed by atoms with Crippen molar-refractivity contribution in [2.75, 3.05) is 32.8 Å². The highest BCUT2D eigenvalue weighted by atomic mass is 35.5. The Bertz CT molecular complexity index is 535. The molecule has 1 amide bonds. The number of rotatable bonds is 7. The highest BCUT2D eigenvalue weighted by molar-refractivity contribution is 6.31. The number of morpholine rings is 1. The molecule has 6 heteroatoms. The second-order valence-electron chi connectivity index (χ2n) is 6.34. The standard InChI is InChI=1S/C18H28ClN3O2/c1-3-13(2)17(20)18(23)21-12-16(22-8-10-24-11-9-22)14-6-4-5-7-15(14)19/h4-7,13,16-17H,3,8-12,20H2,1-2H3,(H,21,23). The summed E-state index contributed by atoms with van der Waals surface area (Å²) in [5.74, 6) is 0.0572. The average molecular weight is 354 g/mol. The van der Waals surface area contributed by atoms with Gasteiger partial charge in [0.2, 0.25) is 5.91 Å². The van der Waals surface area contributed by atoms with E-state index in [1.807, 2.05) is 38.1 Å². The molecular formula is C18H28ClN3O2. The Balaban J connectivity index is 2.09. The number of amides is 1. The second kappa shape index (κ2) is 9.37. The smallest absolute Gasteiger partial charge is 0.237 e. The molecule has 3 N–H and O–H groups in total. The topological polar surface area (TPSA) is 67.6 Å². The number of hydrogen-bond donors (Lipinski definition) is 2. The number of nitrogens with two attached hydrogens (primary N) is 1. The zero-order valence-corrected chi connectivity index (χ0v) is 15.3. The number of hydrogen-bond acceptors (Lipinski definition) is 4. The highest BCUT2D eigenvalue weighted by Crippen LogP contribution is 2.27. The van der Waals surface area contributed by atoms with Crippen LogP contribution in [-0.2, 0) is 9.53 Å². The largest absolute Gasteiger partial charge is 0.379 e. The molecule has 1 heterocycles. The molecule has 1 aromatic rings. The van der Waals surface area contributed by atoms with E-state index in [1.165, 1.54) is 0 Å². The van der Waals surface area contributed by atoms with Crippen LogP contribution in [0.1, 0.15) is 31.9 Å². The molecule has 134 valence electrons. The minimum Gasteiger partial charge on any atom is -0.379 e. The van der Waals surface area contributed by atoms with Crippen LogP contribution in [0.3, 0.4) is 0 Å². The Hall–Kier alpha value is -1.14. The second-order valence-corrected chi connectivity index (χ2v) is 6.75. The van der Waals surface area contributed by atoms with Crippen LogP contribution in [0.4, 0.5) is 0 Å². The maximum absolute atomic E-state index is 12.3. The number of halogens is 1. The fourth-order valence-electron chi connectivity index (χ4n) is 2.90. The van der Waals surface area contributed by atoms with Crippen LogP contribution >= 0.6 is 11.6 Å². The molecule has 0 aliphatic carbocycles. The third kappa shape index (κ3) is 4.93. The van der Waals surface area contributed by atoms with E-state index in [9.17, 15) is 4.79 Å². The van der Waals surface area contributed by atoms with Crippen molar-refractivity contribution in [1.82, 2.24) is 10.2 Å². The first-order chi connectivity index (χ1) is 11.5. The van der Waals surface area contributed by atoms with Crippen molar-refractivity contribution in [1.29, 1.82) is 0 Å². The maximum atomic E-state index is 12.3. The van der Waals surface area contributed by atoms with E-state index in [-0.39, 0.29) is 17.9 Å². The summed E-state index contributed by atoms with van der Waals surface area (Å²) in [6, 6.07) is 7.34. The summed E-state index contributed by atoms with van der Waals surface area (Å²) in [5.41, 5.74) is 7.06. The van der Waals surface area contributed by atoms with Crippen molar-refractivity contribution >= 4 is 17.5 Å². The Morgan fingerprint density at radius 2 is 2.04 bits per heavy atom. The first-order valence-electron chi connectivity index (χ1n) is 8.64. The molecule has 0 spiro atoms. The molecule has 0 saturated carbocycles. The zero-order chi connectivity index (χ0) is 17.5. The van der Waals surface area contributed by atoms with Crippen LogP contribution in [0.25, 0.3) is 0 Å². The number of nitrogens with zero attached hydrogens (tertiary/aromatic N) is 1. The molecule has 2 rings (SSSR count). The molecule has 0 aromatic heterocycles. The van der Waals surface area contributed by atoms with E-state index in [0.29, 0.717) is 19.8 Å². The van der Waals surface area contributed by atoms with Gasteiger partial charge < -0.3 is 15.8 Å². The summed E-state index contributed by atoms with van der Waals surface area (Å²) in [5, 5.41) is 3.73. The molecule has 1 aromatic carbocycles. The van der Waals surface area contributed by atoms with Gasteiger partial charge in [0.1, 0.15) is 0 Å². The number of nitrogens with one attached hydrogen (secondary N) is 1. The molecule has 3 atom stereocenters. The minimum atomic E-state index is -0.480. The van der Waals surface area contributed by atoms with Gasteiger partial charge in [-0.25, -0.2) is 0 Å². The summed E-state index contributed by atoms with van der Waals surface area (Å²) in [7, 11) is 0. The van der Waals surface area contributed by atoms with Crippen molar-refractivity contribution in [2.45, 2.75) is 32.4 Å². The van der Waals surface area contributed by atoms with Crippen LogP contribution in [0.2, 0.25) is 5.02 Å². The Kier molecular flexibility index (Phi) is 7.49. The van der Waals surface area contributed by atoms with Crippen LogP contribution in [-0.4, -0.2) is 49.7 Å². The summed E-state index contributed by atoms with van der Waals surface area (Å²) < 4.78 is 5.44. The van der Waals surface area contributed by atoms with Crippen LogP contribution < -0.4 is 11.1 Å². The Morgan fingerprint density at radius 3 is 2.67 bits per heavy atom. The lowest BCUT2D eigenvalue weighted by Crippen LogP contribution is -2.49. The molecule has 1 aliphatic heterocycles. The van der Waals surface area contributed by atoms with Crippen molar-refractivity contribution in [3.63, 3.8) is 0 Å². The van der Waals surface area contributed by atoms with Gasteiger partial charge in [-0.15, -0.1) is 0 Å². The first-order valence-corrected chi connectivity index (χ1v) is 9.01. The molecule has 1 saturated heterocycles. The fourth-order valence-corrected chi connectivity index (χ4v) is 3.16. The predicted octanol–water partition coefficient (Wildman–Crippen LogP) is 2.20. The molecule has 5 nitrogen and oxygen atoms in total. The third-order valence-corrected chi connectivity index (χ3v) is 5.12. The van der Waals surface area contributed by atoms with Crippen molar-refractivity contribution < 1.29 is 9.53 Å². The van der Waals surface area contributed by atoms with E-state index in [0.717, 1.165) is 30.1 Å². The van der Waals surface area contributed by atoms with E-state index in [1.54, 1.807) is 0 Å². The Morgan fingerprint density at radius 1 is 1.38 bits per heavy atom. The van der Waals surface area contributed by atoms with Gasteiger partial charge in [-0.2, -0.15) is 0 Å². The monoisotopic (exact) mass is 353 g/mol. The highest BCUT2D eigenvalue weighted by Gasteiger charge is 2.26.